The Morgan fingerprint density at radius 3 is 2.73 bits per heavy atom. The normalized spacial score (nSPS) is 14.1. The topological polar surface area (TPSA) is 31.4 Å². The lowest BCUT2D eigenvalue weighted by Gasteiger charge is -2.26. The Balaban J connectivity index is 2.50. The van der Waals surface area contributed by atoms with Crippen LogP contribution in [0.5, 0.6) is 11.6 Å². The van der Waals surface area contributed by atoms with Crippen molar-refractivity contribution in [1.29, 1.82) is 0 Å². The van der Waals surface area contributed by atoms with Gasteiger partial charge >= 0.3 is 0 Å². The van der Waals surface area contributed by atoms with Crippen LogP contribution >= 0.6 is 0 Å². The minimum atomic E-state index is 0.0710. The smallest absolute Gasteiger partial charge is 0.262 e. The van der Waals surface area contributed by atoms with Gasteiger partial charge in [-0.25, -0.2) is 4.98 Å². The summed E-state index contributed by atoms with van der Waals surface area (Å²) in [5, 5.41) is 0. The standard InChI is InChI=1S/C12H15NO2/c1-4-12(2,3)9-5-6-13-11-10(9)14-7-8-15-11/h5-8H,4H2,1-3H3. The van der Waals surface area contributed by atoms with Gasteiger partial charge in [0.15, 0.2) is 5.75 Å². The third-order valence-corrected chi connectivity index (χ3v) is 2.91. The third-order valence-electron chi connectivity index (χ3n) is 2.91. The Kier molecular flexibility index (Phi) is 2.39. The van der Waals surface area contributed by atoms with Gasteiger partial charge in [-0.05, 0) is 17.9 Å². The molecule has 0 N–H and O–H groups in total. The van der Waals surface area contributed by atoms with Crippen LogP contribution in [0.1, 0.15) is 32.8 Å². The van der Waals surface area contributed by atoms with Crippen molar-refractivity contribution in [3.63, 3.8) is 0 Å². The maximum Gasteiger partial charge on any atom is 0.262 e. The van der Waals surface area contributed by atoms with E-state index in [-0.39, 0.29) is 5.41 Å². The van der Waals surface area contributed by atoms with Crippen LogP contribution in [0.3, 0.4) is 0 Å². The fourth-order valence-corrected chi connectivity index (χ4v) is 1.54. The van der Waals surface area contributed by atoms with E-state index in [2.05, 4.69) is 25.8 Å². The molecule has 1 aliphatic rings. The molecule has 2 heterocycles. The summed E-state index contributed by atoms with van der Waals surface area (Å²) in [6.45, 7) is 6.53. The van der Waals surface area contributed by atoms with Gasteiger partial charge in [0.05, 0.1) is 0 Å². The van der Waals surface area contributed by atoms with Gasteiger partial charge in [-0.1, -0.05) is 20.8 Å². The van der Waals surface area contributed by atoms with Gasteiger partial charge in [-0.15, -0.1) is 0 Å². The molecule has 0 radical (unpaired) electrons. The number of nitrogens with zero attached hydrogens (tertiary/aromatic N) is 1. The highest BCUT2D eigenvalue weighted by Crippen LogP contribution is 2.40. The van der Waals surface area contributed by atoms with Gasteiger partial charge < -0.3 is 9.47 Å². The van der Waals surface area contributed by atoms with E-state index in [0.717, 1.165) is 17.7 Å². The van der Waals surface area contributed by atoms with Crippen molar-refractivity contribution < 1.29 is 9.47 Å². The lowest BCUT2D eigenvalue weighted by molar-refractivity contribution is 0.336. The van der Waals surface area contributed by atoms with Gasteiger partial charge in [0.1, 0.15) is 12.5 Å². The van der Waals surface area contributed by atoms with Crippen LogP contribution in [0.4, 0.5) is 0 Å². The first kappa shape index (κ1) is 10.0. The Hall–Kier alpha value is -1.51. The lowest BCUT2D eigenvalue weighted by Crippen LogP contribution is -2.18. The quantitative estimate of drug-likeness (QED) is 0.743. The van der Waals surface area contributed by atoms with E-state index in [9.17, 15) is 0 Å². The highest BCUT2D eigenvalue weighted by Gasteiger charge is 2.26. The first-order valence-corrected chi connectivity index (χ1v) is 5.13. The summed E-state index contributed by atoms with van der Waals surface area (Å²) in [7, 11) is 0. The Labute approximate surface area is 89.7 Å². The van der Waals surface area contributed by atoms with E-state index in [1.54, 1.807) is 12.5 Å². The van der Waals surface area contributed by atoms with Crippen LogP contribution in [0.25, 0.3) is 0 Å². The van der Waals surface area contributed by atoms with Crippen LogP contribution in [0, 0.1) is 0 Å². The highest BCUT2D eigenvalue weighted by atomic mass is 16.5. The number of rotatable bonds is 2. The van der Waals surface area contributed by atoms with Crippen LogP contribution < -0.4 is 9.47 Å². The maximum atomic E-state index is 5.47. The summed E-state index contributed by atoms with van der Waals surface area (Å²) in [6, 6.07) is 1.99. The fraction of sp³-hybridized carbons (Fsp3) is 0.417. The molecule has 0 unspecified atom stereocenters. The molecule has 0 aromatic carbocycles. The molecule has 0 amide bonds. The molecule has 0 saturated carbocycles. The van der Waals surface area contributed by atoms with Crippen molar-refractivity contribution in [3.05, 3.63) is 30.4 Å². The summed E-state index contributed by atoms with van der Waals surface area (Å²) >= 11 is 0. The Morgan fingerprint density at radius 1 is 1.27 bits per heavy atom. The Bertz CT molecular complexity index is 397. The summed E-state index contributed by atoms with van der Waals surface area (Å²) in [5.74, 6) is 1.29. The van der Waals surface area contributed by atoms with E-state index in [1.807, 2.05) is 6.07 Å². The first-order chi connectivity index (χ1) is 7.15. The zero-order chi connectivity index (χ0) is 10.9. The van der Waals surface area contributed by atoms with Gasteiger partial charge in [0.2, 0.25) is 0 Å². The monoisotopic (exact) mass is 205 g/mol. The van der Waals surface area contributed by atoms with Crippen molar-refractivity contribution in [3.8, 4) is 11.6 Å². The molecule has 0 spiro atoms. The average molecular weight is 205 g/mol. The number of pyridine rings is 1. The number of fused-ring (bicyclic) bond motifs is 1. The number of hydrogen-bond donors (Lipinski definition) is 0. The molecule has 1 aromatic heterocycles. The molecule has 0 fully saturated rings. The number of aromatic nitrogens is 1. The summed E-state index contributed by atoms with van der Waals surface area (Å²) in [5.41, 5.74) is 1.21. The molecule has 80 valence electrons. The van der Waals surface area contributed by atoms with Gasteiger partial charge in [0, 0.05) is 11.8 Å². The number of ether oxygens (including phenoxy) is 2. The average Bonchev–Trinajstić information content (AvgIpc) is 2.28. The van der Waals surface area contributed by atoms with Crippen molar-refractivity contribution >= 4 is 0 Å². The van der Waals surface area contributed by atoms with Crippen molar-refractivity contribution in [2.24, 2.45) is 0 Å². The molecule has 0 atom stereocenters. The van der Waals surface area contributed by atoms with E-state index in [4.69, 9.17) is 9.47 Å². The molecule has 0 aliphatic carbocycles. The molecule has 3 nitrogen and oxygen atoms in total. The minimum Gasteiger partial charge on any atom is -0.456 e. The second-order valence-electron chi connectivity index (χ2n) is 4.24. The van der Waals surface area contributed by atoms with E-state index >= 15 is 0 Å². The first-order valence-electron chi connectivity index (χ1n) is 5.13. The van der Waals surface area contributed by atoms with Crippen LogP contribution in [0.2, 0.25) is 0 Å². The zero-order valence-electron chi connectivity index (χ0n) is 9.28. The molecule has 0 saturated heterocycles. The third kappa shape index (κ3) is 1.69. The summed E-state index contributed by atoms with van der Waals surface area (Å²) < 4.78 is 10.8. The molecular weight excluding hydrogens is 190 g/mol. The van der Waals surface area contributed by atoms with E-state index in [1.165, 1.54) is 6.26 Å². The fourth-order valence-electron chi connectivity index (χ4n) is 1.54. The van der Waals surface area contributed by atoms with Crippen molar-refractivity contribution in [2.45, 2.75) is 32.6 Å². The van der Waals surface area contributed by atoms with E-state index in [0.29, 0.717) is 5.88 Å². The second-order valence-corrected chi connectivity index (χ2v) is 4.24. The molecule has 15 heavy (non-hydrogen) atoms. The summed E-state index contributed by atoms with van der Waals surface area (Å²) in [6.07, 6.45) is 5.84. The van der Waals surface area contributed by atoms with Crippen molar-refractivity contribution in [2.75, 3.05) is 0 Å². The second kappa shape index (κ2) is 3.57. The predicted octanol–water partition coefficient (Wildman–Crippen LogP) is 3.01. The highest BCUT2D eigenvalue weighted by molar-refractivity contribution is 5.46. The molecule has 3 heteroatoms. The van der Waals surface area contributed by atoms with Crippen LogP contribution in [0.15, 0.2) is 24.8 Å². The largest absolute Gasteiger partial charge is 0.456 e. The maximum absolute atomic E-state index is 5.47. The summed E-state index contributed by atoms with van der Waals surface area (Å²) in [4.78, 5) is 4.13. The van der Waals surface area contributed by atoms with Crippen LogP contribution in [-0.4, -0.2) is 4.98 Å². The van der Waals surface area contributed by atoms with Crippen LogP contribution in [-0.2, 0) is 5.41 Å². The molecular formula is C12H15NO2. The van der Waals surface area contributed by atoms with E-state index < -0.39 is 0 Å². The molecule has 1 aromatic rings. The molecule has 2 rings (SSSR count). The minimum absolute atomic E-state index is 0.0710. The lowest BCUT2D eigenvalue weighted by atomic mass is 9.82. The SMILES string of the molecule is CCC(C)(C)c1ccnc2c1OC=CO2. The molecule has 0 bridgehead atoms. The number of hydrogen-bond acceptors (Lipinski definition) is 3. The van der Waals surface area contributed by atoms with Gasteiger partial charge in [0.25, 0.3) is 5.88 Å². The van der Waals surface area contributed by atoms with Crippen molar-refractivity contribution in [1.82, 2.24) is 4.98 Å². The van der Waals surface area contributed by atoms with Gasteiger partial charge in [-0.2, -0.15) is 0 Å². The zero-order valence-corrected chi connectivity index (χ0v) is 9.28. The Morgan fingerprint density at radius 2 is 2.00 bits per heavy atom. The van der Waals surface area contributed by atoms with Gasteiger partial charge in [-0.3, -0.25) is 0 Å². The molecule has 1 aliphatic heterocycles. The predicted molar refractivity (Wildman–Crippen MR) is 58.0 cm³/mol.